The second-order valence-corrected chi connectivity index (χ2v) is 6.82. The van der Waals surface area contributed by atoms with Crippen LogP contribution >= 0.6 is 0 Å². The molecule has 0 spiro atoms. The van der Waals surface area contributed by atoms with Crippen LogP contribution in [-0.4, -0.2) is 51.3 Å². The molecule has 2 N–H and O–H groups in total. The third-order valence-corrected chi connectivity index (χ3v) is 3.37. The number of halogens is 1. The summed E-state index contributed by atoms with van der Waals surface area (Å²) < 4.78 is 18.1. The Labute approximate surface area is 133 Å². The van der Waals surface area contributed by atoms with Gasteiger partial charge in [0, 0.05) is 12.5 Å². The third-order valence-electron chi connectivity index (χ3n) is 3.37. The highest BCUT2D eigenvalue weighted by Crippen LogP contribution is 2.29. The number of ketones is 1. The van der Waals surface area contributed by atoms with Gasteiger partial charge in [-0.25, -0.2) is 9.18 Å². The summed E-state index contributed by atoms with van der Waals surface area (Å²) in [4.78, 5) is 25.2. The highest BCUT2D eigenvalue weighted by molar-refractivity contribution is 5.99. The van der Waals surface area contributed by atoms with Crippen molar-refractivity contribution in [1.82, 2.24) is 4.90 Å². The summed E-state index contributed by atoms with van der Waals surface area (Å²) in [7, 11) is 0. The second-order valence-electron chi connectivity index (χ2n) is 6.82. The van der Waals surface area contributed by atoms with Crippen molar-refractivity contribution in [3.05, 3.63) is 29.6 Å². The van der Waals surface area contributed by atoms with Gasteiger partial charge in [0.15, 0.2) is 5.78 Å². The van der Waals surface area contributed by atoms with Crippen LogP contribution in [0.15, 0.2) is 18.2 Å². The lowest BCUT2D eigenvalue weighted by atomic mass is 9.87. The van der Waals surface area contributed by atoms with Crippen molar-refractivity contribution in [3.63, 3.8) is 0 Å². The summed E-state index contributed by atoms with van der Waals surface area (Å²) in [6.45, 7) is 5.14. The number of amides is 1. The number of aromatic hydroxyl groups is 1. The first-order valence-corrected chi connectivity index (χ1v) is 7.21. The zero-order valence-corrected chi connectivity index (χ0v) is 13.3. The maximum atomic E-state index is 12.9. The van der Waals surface area contributed by atoms with Gasteiger partial charge in [0.1, 0.15) is 22.8 Å². The first kappa shape index (κ1) is 17.2. The minimum atomic E-state index is -1.37. The first-order valence-electron chi connectivity index (χ1n) is 7.21. The van der Waals surface area contributed by atoms with Gasteiger partial charge in [-0.15, -0.1) is 0 Å². The Kier molecular flexibility index (Phi) is 4.34. The van der Waals surface area contributed by atoms with E-state index in [4.69, 9.17) is 4.74 Å². The van der Waals surface area contributed by atoms with Gasteiger partial charge < -0.3 is 19.8 Å². The van der Waals surface area contributed by atoms with Crippen LogP contribution in [0.25, 0.3) is 0 Å². The van der Waals surface area contributed by atoms with Crippen molar-refractivity contribution in [3.8, 4) is 5.75 Å². The van der Waals surface area contributed by atoms with Crippen LogP contribution in [-0.2, 0) is 4.74 Å². The smallest absolute Gasteiger partial charge is 0.410 e. The normalized spacial score (nSPS) is 16.7. The lowest BCUT2D eigenvalue weighted by Crippen LogP contribution is -2.64. The highest BCUT2D eigenvalue weighted by atomic mass is 19.1. The molecule has 0 saturated carbocycles. The summed E-state index contributed by atoms with van der Waals surface area (Å²) >= 11 is 0. The number of benzene rings is 1. The molecule has 7 heteroatoms. The Hall–Kier alpha value is -2.15. The predicted molar refractivity (Wildman–Crippen MR) is 79.8 cm³/mol. The fourth-order valence-corrected chi connectivity index (χ4v) is 2.37. The van der Waals surface area contributed by atoms with Crippen molar-refractivity contribution < 1.29 is 28.9 Å². The number of β-amino-alcohol motifs (C(OH)–C–C–N with tert-alkyl or cyclic N) is 1. The minimum absolute atomic E-state index is 0.0321. The molecule has 1 aromatic carbocycles. The molecule has 0 aliphatic carbocycles. The maximum Gasteiger partial charge on any atom is 0.410 e. The van der Waals surface area contributed by atoms with Crippen LogP contribution in [0.2, 0.25) is 0 Å². The van der Waals surface area contributed by atoms with Gasteiger partial charge in [-0.3, -0.25) is 4.79 Å². The van der Waals surface area contributed by atoms with Crippen molar-refractivity contribution in [2.75, 3.05) is 13.1 Å². The molecule has 0 atom stereocenters. The van der Waals surface area contributed by atoms with E-state index < -0.39 is 34.6 Å². The number of hydrogen-bond donors (Lipinski definition) is 2. The van der Waals surface area contributed by atoms with Crippen molar-refractivity contribution in [1.29, 1.82) is 0 Å². The zero-order valence-electron chi connectivity index (χ0n) is 13.3. The van der Waals surface area contributed by atoms with E-state index in [0.29, 0.717) is 0 Å². The Morgan fingerprint density at radius 2 is 1.96 bits per heavy atom. The van der Waals surface area contributed by atoms with E-state index in [1.165, 1.54) is 11.0 Å². The highest BCUT2D eigenvalue weighted by Gasteiger charge is 2.46. The number of aliphatic hydroxyl groups is 1. The minimum Gasteiger partial charge on any atom is -0.507 e. The van der Waals surface area contributed by atoms with Crippen LogP contribution in [0, 0.1) is 5.82 Å². The van der Waals surface area contributed by atoms with Gasteiger partial charge in [0.25, 0.3) is 0 Å². The fourth-order valence-electron chi connectivity index (χ4n) is 2.37. The lowest BCUT2D eigenvalue weighted by Gasteiger charge is -2.46. The molecule has 0 aromatic heterocycles. The van der Waals surface area contributed by atoms with Crippen molar-refractivity contribution in [2.24, 2.45) is 0 Å². The number of Topliss-reactive ketones (excluding diaryl/α,β-unsaturated/α-hetero) is 1. The van der Waals surface area contributed by atoms with E-state index in [2.05, 4.69) is 0 Å². The summed E-state index contributed by atoms with van der Waals surface area (Å²) in [5.41, 5.74) is -2.06. The average molecular weight is 325 g/mol. The summed E-state index contributed by atoms with van der Waals surface area (Å²) in [6, 6.07) is 3.07. The van der Waals surface area contributed by atoms with Crippen LogP contribution < -0.4 is 0 Å². The number of likely N-dealkylation sites (tertiary alicyclic amines) is 1. The number of phenolic OH excluding ortho intramolecular Hbond substituents is 1. The Morgan fingerprint density at radius 3 is 2.48 bits per heavy atom. The maximum absolute atomic E-state index is 12.9. The molecule has 2 rings (SSSR count). The van der Waals surface area contributed by atoms with Gasteiger partial charge in [-0.1, -0.05) is 0 Å². The number of nitrogens with zero attached hydrogens (tertiary/aromatic N) is 1. The predicted octanol–water partition coefficient (Wildman–Crippen LogP) is 2.09. The molecule has 1 aliphatic rings. The van der Waals surface area contributed by atoms with Crippen LogP contribution in [0.4, 0.5) is 9.18 Å². The first-order chi connectivity index (χ1) is 10.5. The molecule has 0 bridgehead atoms. The SMILES string of the molecule is CC(C)(C)OC(=O)N1CC(O)(CC(=O)c2ccc(F)cc2O)C1. The Balaban J connectivity index is 1.94. The molecule has 0 radical (unpaired) electrons. The van der Waals surface area contributed by atoms with Gasteiger partial charge >= 0.3 is 6.09 Å². The van der Waals surface area contributed by atoms with Crippen molar-refractivity contribution >= 4 is 11.9 Å². The molecule has 126 valence electrons. The van der Waals surface area contributed by atoms with Gasteiger partial charge in [0.2, 0.25) is 0 Å². The van der Waals surface area contributed by atoms with Crippen LogP contribution in [0.1, 0.15) is 37.6 Å². The van der Waals surface area contributed by atoms with E-state index in [-0.39, 0.29) is 25.1 Å². The van der Waals surface area contributed by atoms with E-state index in [1.54, 1.807) is 20.8 Å². The third kappa shape index (κ3) is 4.19. The van der Waals surface area contributed by atoms with E-state index in [9.17, 15) is 24.2 Å². The number of rotatable bonds is 3. The summed E-state index contributed by atoms with van der Waals surface area (Å²) in [5.74, 6) is -1.65. The molecule has 1 aliphatic heterocycles. The largest absolute Gasteiger partial charge is 0.507 e. The number of phenols is 1. The second kappa shape index (κ2) is 5.81. The van der Waals surface area contributed by atoms with Crippen LogP contribution in [0.5, 0.6) is 5.75 Å². The zero-order chi connectivity index (χ0) is 17.4. The molecule has 6 nitrogen and oxygen atoms in total. The number of carbonyl (C=O) groups excluding carboxylic acids is 2. The molecule has 1 fully saturated rings. The van der Waals surface area contributed by atoms with Gasteiger partial charge in [-0.05, 0) is 32.9 Å². The quantitative estimate of drug-likeness (QED) is 0.831. The van der Waals surface area contributed by atoms with E-state index in [0.717, 1.165) is 12.1 Å². The average Bonchev–Trinajstić information content (AvgIpc) is 2.33. The lowest BCUT2D eigenvalue weighted by molar-refractivity contribution is -0.0966. The van der Waals surface area contributed by atoms with Gasteiger partial charge in [-0.2, -0.15) is 0 Å². The van der Waals surface area contributed by atoms with Gasteiger partial charge in [0.05, 0.1) is 18.7 Å². The molecule has 0 unspecified atom stereocenters. The van der Waals surface area contributed by atoms with Crippen LogP contribution in [0.3, 0.4) is 0 Å². The molecule has 1 saturated heterocycles. The van der Waals surface area contributed by atoms with Crippen molar-refractivity contribution in [2.45, 2.75) is 38.4 Å². The van der Waals surface area contributed by atoms with E-state index in [1.807, 2.05) is 0 Å². The Bertz CT molecular complexity index is 632. The number of hydrogen-bond acceptors (Lipinski definition) is 5. The number of carbonyl (C=O) groups is 2. The standard InChI is InChI=1S/C16H20FNO5/c1-15(2,3)23-14(21)18-8-16(22,9-18)7-13(20)11-5-4-10(17)6-12(11)19/h4-6,19,22H,7-9H2,1-3H3. The molecule has 1 heterocycles. The van der Waals surface area contributed by atoms with E-state index >= 15 is 0 Å². The molecule has 1 amide bonds. The molecular weight excluding hydrogens is 305 g/mol. The summed E-state index contributed by atoms with van der Waals surface area (Å²) in [5, 5.41) is 19.9. The topological polar surface area (TPSA) is 87.1 Å². The monoisotopic (exact) mass is 325 g/mol. The molecule has 1 aromatic rings. The number of ether oxygens (including phenoxy) is 1. The molecule has 23 heavy (non-hydrogen) atoms. The Morgan fingerprint density at radius 1 is 1.35 bits per heavy atom. The summed E-state index contributed by atoms with van der Waals surface area (Å²) in [6.07, 6.45) is -0.829. The molecular formula is C16H20FNO5. The fraction of sp³-hybridized carbons (Fsp3) is 0.500.